The number of nitrogens with two attached hydrogens (primary N) is 1. The first-order valence-corrected chi connectivity index (χ1v) is 18.1. The SMILES string of the molecule is CCCCCCCC/C=C\CCCCCCCCN.CCCCCCOP(O)(=S)OCCCCCC. The second-order valence-electron chi connectivity index (χ2n) is 9.98. The summed E-state index contributed by atoms with van der Waals surface area (Å²) in [4.78, 5) is 9.71. The van der Waals surface area contributed by atoms with E-state index in [0.717, 1.165) is 32.2 Å². The average molecular weight is 550 g/mol. The van der Waals surface area contributed by atoms with Crippen molar-refractivity contribution in [3.05, 3.63) is 12.2 Å². The first-order chi connectivity index (χ1) is 17.5. The fourth-order valence-electron chi connectivity index (χ4n) is 3.85. The highest BCUT2D eigenvalue weighted by Crippen LogP contribution is 2.43. The predicted molar refractivity (Wildman–Crippen MR) is 165 cm³/mol. The Morgan fingerprint density at radius 3 is 1.28 bits per heavy atom. The molecule has 0 spiro atoms. The molecule has 0 aromatic carbocycles. The molecule has 0 aliphatic rings. The maximum absolute atomic E-state index is 9.71. The van der Waals surface area contributed by atoms with E-state index in [1.807, 2.05) is 0 Å². The third kappa shape index (κ3) is 36.4. The van der Waals surface area contributed by atoms with Crippen LogP contribution in [0.2, 0.25) is 0 Å². The highest BCUT2D eigenvalue weighted by Gasteiger charge is 2.13. The van der Waals surface area contributed by atoms with Crippen LogP contribution >= 0.6 is 6.72 Å². The van der Waals surface area contributed by atoms with Crippen LogP contribution in [0.4, 0.5) is 0 Å². The van der Waals surface area contributed by atoms with Crippen molar-refractivity contribution >= 4 is 18.5 Å². The van der Waals surface area contributed by atoms with E-state index in [-0.39, 0.29) is 0 Å². The molecule has 0 aromatic heterocycles. The van der Waals surface area contributed by atoms with Crippen LogP contribution in [0.15, 0.2) is 12.2 Å². The van der Waals surface area contributed by atoms with Crippen molar-refractivity contribution < 1.29 is 13.9 Å². The summed E-state index contributed by atoms with van der Waals surface area (Å²) in [5.41, 5.74) is 5.47. The molecular weight excluding hydrogens is 485 g/mol. The standard InChI is InChI=1S/C18H37N.C12H27O3PS/c1-2-3-4-5-6-7-8-9-10-11-12-13-14-15-16-17-18-19;1-3-5-7-9-11-14-16(13,17)15-12-10-8-6-4-2/h9-10H,2-8,11-19H2,1H3;3-12H2,1-2H3,(H,13,17)/b10-9-;. The molecule has 0 heterocycles. The van der Waals surface area contributed by atoms with E-state index in [9.17, 15) is 4.89 Å². The van der Waals surface area contributed by atoms with E-state index >= 15 is 0 Å². The van der Waals surface area contributed by atoms with Crippen LogP contribution in [0.25, 0.3) is 0 Å². The number of allylic oxidation sites excluding steroid dienone is 2. The fourth-order valence-corrected chi connectivity index (χ4v) is 5.09. The summed E-state index contributed by atoms with van der Waals surface area (Å²) >= 11 is 4.92. The van der Waals surface area contributed by atoms with Crippen molar-refractivity contribution in [3.8, 4) is 0 Å². The minimum atomic E-state index is -2.96. The van der Waals surface area contributed by atoms with Crippen LogP contribution < -0.4 is 5.73 Å². The number of unbranched alkanes of at least 4 members (excludes halogenated alkanes) is 18. The van der Waals surface area contributed by atoms with E-state index in [2.05, 4.69) is 32.9 Å². The molecule has 36 heavy (non-hydrogen) atoms. The van der Waals surface area contributed by atoms with Gasteiger partial charge in [0.2, 0.25) is 0 Å². The minimum absolute atomic E-state index is 0.517. The molecule has 218 valence electrons. The van der Waals surface area contributed by atoms with Crippen molar-refractivity contribution in [3.63, 3.8) is 0 Å². The lowest BCUT2D eigenvalue weighted by Crippen LogP contribution is -1.98. The lowest BCUT2D eigenvalue weighted by molar-refractivity contribution is 0.191. The van der Waals surface area contributed by atoms with E-state index in [4.69, 9.17) is 26.6 Å². The number of rotatable bonds is 27. The van der Waals surface area contributed by atoms with Gasteiger partial charge < -0.3 is 19.7 Å². The number of hydrogen-bond acceptors (Lipinski definition) is 4. The third-order valence-electron chi connectivity index (χ3n) is 6.22. The van der Waals surface area contributed by atoms with Crippen LogP contribution in [0.1, 0.15) is 162 Å². The fraction of sp³-hybridized carbons (Fsp3) is 0.933. The van der Waals surface area contributed by atoms with Gasteiger partial charge in [0, 0.05) is 0 Å². The second kappa shape index (κ2) is 33.3. The first kappa shape index (κ1) is 38.4. The lowest BCUT2D eigenvalue weighted by atomic mass is 10.1. The van der Waals surface area contributed by atoms with Crippen LogP contribution in [0, 0.1) is 0 Å². The van der Waals surface area contributed by atoms with E-state index in [1.165, 1.54) is 116 Å². The van der Waals surface area contributed by atoms with Gasteiger partial charge in [0.25, 0.3) is 0 Å². The van der Waals surface area contributed by atoms with Crippen LogP contribution in [-0.2, 0) is 20.9 Å². The molecule has 0 rings (SSSR count). The Labute approximate surface area is 231 Å². The van der Waals surface area contributed by atoms with Gasteiger partial charge >= 0.3 is 6.72 Å². The van der Waals surface area contributed by atoms with Crippen molar-refractivity contribution in [1.82, 2.24) is 0 Å². The summed E-state index contributed by atoms with van der Waals surface area (Å²) in [5.74, 6) is 0. The zero-order chi connectivity index (χ0) is 27.0. The normalized spacial score (nSPS) is 11.7. The molecule has 0 amide bonds. The van der Waals surface area contributed by atoms with E-state index in [1.54, 1.807) is 0 Å². The molecule has 0 aliphatic heterocycles. The van der Waals surface area contributed by atoms with Crippen molar-refractivity contribution in [2.24, 2.45) is 5.73 Å². The molecule has 0 saturated carbocycles. The molecule has 3 N–H and O–H groups in total. The molecule has 0 fully saturated rings. The zero-order valence-electron chi connectivity index (χ0n) is 24.5. The zero-order valence-corrected chi connectivity index (χ0v) is 26.2. The van der Waals surface area contributed by atoms with E-state index in [0.29, 0.717) is 13.2 Å². The Morgan fingerprint density at radius 1 is 0.556 bits per heavy atom. The summed E-state index contributed by atoms with van der Waals surface area (Å²) in [5, 5.41) is 0. The maximum atomic E-state index is 9.71. The average Bonchev–Trinajstić information content (AvgIpc) is 2.86. The van der Waals surface area contributed by atoms with Crippen LogP contribution in [-0.4, -0.2) is 24.7 Å². The largest absolute Gasteiger partial charge is 0.330 e. The van der Waals surface area contributed by atoms with Gasteiger partial charge in [-0.15, -0.1) is 0 Å². The molecule has 4 nitrogen and oxygen atoms in total. The number of hydrogen-bond donors (Lipinski definition) is 2. The van der Waals surface area contributed by atoms with Crippen molar-refractivity contribution in [1.29, 1.82) is 0 Å². The molecule has 0 aliphatic carbocycles. The maximum Gasteiger partial charge on any atom is 0.324 e. The summed E-state index contributed by atoms with van der Waals surface area (Å²) < 4.78 is 10.5. The molecule has 0 radical (unpaired) electrons. The molecule has 6 heteroatoms. The summed E-state index contributed by atoms with van der Waals surface area (Å²) in [7, 11) is 0. The predicted octanol–water partition coefficient (Wildman–Crippen LogP) is 10.4. The van der Waals surface area contributed by atoms with Gasteiger partial charge in [-0.05, 0) is 63.3 Å². The summed E-state index contributed by atoms with van der Waals surface area (Å²) in [6.07, 6.45) is 32.8. The Morgan fingerprint density at radius 2 is 0.889 bits per heavy atom. The quantitative estimate of drug-likeness (QED) is 0.0606. The van der Waals surface area contributed by atoms with Crippen LogP contribution in [0.3, 0.4) is 0 Å². The molecule has 0 aromatic rings. The van der Waals surface area contributed by atoms with Gasteiger partial charge in [0.05, 0.1) is 13.2 Å². The highest BCUT2D eigenvalue weighted by molar-refractivity contribution is 8.07. The minimum Gasteiger partial charge on any atom is -0.330 e. The third-order valence-corrected chi connectivity index (χ3v) is 7.87. The Kier molecular flexibility index (Phi) is 35.5. The van der Waals surface area contributed by atoms with Gasteiger partial charge in [-0.2, -0.15) is 0 Å². The highest BCUT2D eigenvalue weighted by atomic mass is 32.5. The molecule has 0 bridgehead atoms. The van der Waals surface area contributed by atoms with E-state index < -0.39 is 6.72 Å². The van der Waals surface area contributed by atoms with Gasteiger partial charge in [-0.25, -0.2) is 0 Å². The van der Waals surface area contributed by atoms with Gasteiger partial charge in [0.1, 0.15) is 0 Å². The summed E-state index contributed by atoms with van der Waals surface area (Å²) in [6.45, 7) is 5.54. The van der Waals surface area contributed by atoms with Crippen molar-refractivity contribution in [2.75, 3.05) is 19.8 Å². The molecule has 0 atom stereocenters. The Hall–Kier alpha value is 0.230. The topological polar surface area (TPSA) is 64.7 Å². The summed E-state index contributed by atoms with van der Waals surface area (Å²) in [6, 6.07) is 0. The molecule has 0 saturated heterocycles. The second-order valence-corrected chi connectivity index (χ2v) is 12.8. The van der Waals surface area contributed by atoms with Gasteiger partial charge in [-0.3, -0.25) is 0 Å². The lowest BCUT2D eigenvalue weighted by Gasteiger charge is -2.15. The Bertz CT molecular complexity index is 459. The Balaban J connectivity index is 0. The molecular formula is C30H64NO3PS. The van der Waals surface area contributed by atoms with Gasteiger partial charge in [0.15, 0.2) is 0 Å². The van der Waals surface area contributed by atoms with Crippen LogP contribution in [0.5, 0.6) is 0 Å². The first-order valence-electron chi connectivity index (χ1n) is 15.5. The smallest absolute Gasteiger partial charge is 0.324 e. The van der Waals surface area contributed by atoms with Crippen molar-refractivity contribution in [2.45, 2.75) is 162 Å². The van der Waals surface area contributed by atoms with Gasteiger partial charge in [-0.1, -0.05) is 129 Å². The monoisotopic (exact) mass is 549 g/mol. The molecule has 0 unspecified atom stereocenters.